The second-order valence-electron chi connectivity index (χ2n) is 3.69. The van der Waals surface area contributed by atoms with Gasteiger partial charge in [0, 0.05) is 17.1 Å². The summed E-state index contributed by atoms with van der Waals surface area (Å²) >= 11 is 1.63. The molecule has 0 saturated heterocycles. The smallest absolute Gasteiger partial charge is 0.0963 e. The molecule has 1 unspecified atom stereocenters. The molecule has 2 rings (SSSR count). The van der Waals surface area contributed by atoms with Crippen LogP contribution in [0.3, 0.4) is 0 Å². The normalized spacial score (nSPS) is 12.3. The average molecular weight is 281 g/mol. The third-order valence-electron chi connectivity index (χ3n) is 2.33. The maximum Gasteiger partial charge on any atom is 0.0963 e. The fraction of sp³-hybridized carbons (Fsp3) is 0.167. The molecule has 0 saturated carbocycles. The van der Waals surface area contributed by atoms with Gasteiger partial charge in [-0.2, -0.15) is 0 Å². The van der Waals surface area contributed by atoms with Gasteiger partial charge in [0.05, 0.1) is 16.7 Å². The van der Waals surface area contributed by atoms with Crippen LogP contribution >= 0.6 is 11.3 Å². The summed E-state index contributed by atoms with van der Waals surface area (Å²) in [5.74, 6) is 0.390. The summed E-state index contributed by atoms with van der Waals surface area (Å²) in [7, 11) is -1.14. The number of benzene rings is 1. The molecule has 96 valence electrons. The van der Waals surface area contributed by atoms with E-state index in [9.17, 15) is 9.42 Å². The Kier molecular flexibility index (Phi) is 4.89. The first-order valence-corrected chi connectivity index (χ1v) is 7.59. The van der Waals surface area contributed by atoms with Gasteiger partial charge in [-0.05, 0) is 29.1 Å². The van der Waals surface area contributed by atoms with Crippen molar-refractivity contribution in [3.63, 3.8) is 0 Å². The third kappa shape index (κ3) is 3.92. The molecule has 1 atom stereocenters. The van der Waals surface area contributed by atoms with Gasteiger partial charge in [0.1, 0.15) is 0 Å². The molecule has 0 radical (unpaired) electrons. The van der Waals surface area contributed by atoms with Gasteiger partial charge in [0.25, 0.3) is 0 Å². The highest BCUT2D eigenvalue weighted by atomic mass is 32.2. The number of nitrogens with one attached hydrogen (secondary N) is 2. The van der Waals surface area contributed by atoms with E-state index < -0.39 is 11.0 Å². The lowest BCUT2D eigenvalue weighted by Gasteiger charge is -2.10. The van der Waals surface area contributed by atoms with Gasteiger partial charge in [-0.15, -0.1) is 11.3 Å². The fourth-order valence-electron chi connectivity index (χ4n) is 1.49. The van der Waals surface area contributed by atoms with Crippen LogP contribution in [0.2, 0.25) is 0 Å². The van der Waals surface area contributed by atoms with Crippen LogP contribution in [0.25, 0.3) is 0 Å². The minimum atomic E-state index is -1.14. The van der Waals surface area contributed by atoms with Crippen molar-refractivity contribution in [3.05, 3.63) is 57.4 Å². The minimum Gasteiger partial charge on any atom is -0.761 e. The summed E-state index contributed by atoms with van der Waals surface area (Å²) < 4.78 is 14.8. The zero-order valence-corrected chi connectivity index (χ0v) is 11.2. The van der Waals surface area contributed by atoms with E-state index in [1.54, 1.807) is 29.5 Å². The zero-order valence-electron chi connectivity index (χ0n) is 9.59. The molecule has 0 bridgehead atoms. The Bertz CT molecular complexity index is 515. The Morgan fingerprint density at radius 3 is 2.89 bits per heavy atom. The Balaban J connectivity index is 1.86. The predicted molar refractivity (Wildman–Crippen MR) is 76.4 cm³/mol. The number of hydrogen-bond donors (Lipinski definition) is 2. The number of anilines is 1. The van der Waals surface area contributed by atoms with Crippen molar-refractivity contribution in [2.24, 2.45) is 0 Å². The van der Waals surface area contributed by atoms with E-state index in [1.165, 1.54) is 0 Å². The van der Waals surface area contributed by atoms with Crippen LogP contribution in [-0.4, -0.2) is 4.21 Å². The molecule has 0 aliphatic heterocycles. The van der Waals surface area contributed by atoms with Crippen molar-refractivity contribution in [1.29, 1.82) is 0 Å². The van der Waals surface area contributed by atoms with Crippen molar-refractivity contribution in [2.75, 3.05) is 5.48 Å². The molecule has 2 aromatic rings. The van der Waals surface area contributed by atoms with Crippen molar-refractivity contribution in [1.82, 2.24) is 4.72 Å². The summed E-state index contributed by atoms with van der Waals surface area (Å²) in [5, 5.41) is 12.5. The molecule has 4 nitrogen and oxygen atoms in total. The van der Waals surface area contributed by atoms with Crippen LogP contribution < -0.4 is 10.2 Å². The van der Waals surface area contributed by atoms with E-state index in [0.29, 0.717) is 18.0 Å². The summed E-state index contributed by atoms with van der Waals surface area (Å²) in [5.41, 5.74) is 3.18. The van der Waals surface area contributed by atoms with Crippen LogP contribution in [0.5, 0.6) is 0 Å². The summed E-state index contributed by atoms with van der Waals surface area (Å²) in [6.07, 6.45) is 0. The van der Waals surface area contributed by atoms with Crippen molar-refractivity contribution >= 4 is 28.0 Å². The highest BCUT2D eigenvalue weighted by molar-refractivity contribution is 7.82. The van der Waals surface area contributed by atoms with Crippen LogP contribution in [0.1, 0.15) is 10.4 Å². The van der Waals surface area contributed by atoms with E-state index in [1.807, 2.05) is 29.1 Å². The molecule has 0 spiro atoms. The number of rotatable bonds is 6. The molecule has 1 aromatic carbocycles. The third-order valence-corrected chi connectivity index (χ3v) is 4.27. The first-order chi connectivity index (χ1) is 8.78. The molecule has 0 aliphatic carbocycles. The molecular weight excluding hydrogens is 268 g/mol. The monoisotopic (exact) mass is 281 g/mol. The summed E-state index contributed by atoms with van der Waals surface area (Å²) in [6.45, 7) is 0.601. The average Bonchev–Trinajstić information content (AvgIpc) is 2.90. The van der Waals surface area contributed by atoms with Gasteiger partial charge in [-0.1, -0.05) is 18.2 Å². The standard InChI is InChI=1S/C12H13N2O2S2/c15-14-11-4-1-3-10(7-11)9-18(16)13-8-12-5-2-6-17-12/h1-7,13-14H,8-9H2/q-1. The molecule has 1 aromatic heterocycles. The quantitative estimate of drug-likeness (QED) is 0.800. The molecule has 1 heterocycles. The van der Waals surface area contributed by atoms with E-state index in [0.717, 1.165) is 10.4 Å². The van der Waals surface area contributed by atoms with Gasteiger partial charge < -0.3 is 10.7 Å². The van der Waals surface area contributed by atoms with Gasteiger partial charge in [0.15, 0.2) is 0 Å². The van der Waals surface area contributed by atoms with E-state index in [2.05, 4.69) is 4.72 Å². The Hall–Kier alpha value is -1.21. The largest absolute Gasteiger partial charge is 0.761 e. The maximum atomic E-state index is 11.8. The van der Waals surface area contributed by atoms with Crippen LogP contribution in [-0.2, 0) is 23.3 Å². The molecule has 18 heavy (non-hydrogen) atoms. The highest BCUT2D eigenvalue weighted by Gasteiger charge is 2.02. The zero-order chi connectivity index (χ0) is 12.8. The molecule has 0 aliphatic rings. The van der Waals surface area contributed by atoms with Gasteiger partial charge in [-0.3, -0.25) is 0 Å². The molecular formula is C12H13N2O2S2-. The predicted octanol–water partition coefficient (Wildman–Crippen LogP) is 2.61. The van der Waals surface area contributed by atoms with Crippen LogP contribution in [0, 0.1) is 5.21 Å². The van der Waals surface area contributed by atoms with Crippen molar-refractivity contribution in [2.45, 2.75) is 12.3 Å². The van der Waals surface area contributed by atoms with E-state index in [4.69, 9.17) is 0 Å². The lowest BCUT2D eigenvalue weighted by molar-refractivity contribution is 0.672. The summed E-state index contributed by atoms with van der Waals surface area (Å²) in [6, 6.07) is 11.0. The van der Waals surface area contributed by atoms with Crippen LogP contribution in [0.4, 0.5) is 5.69 Å². The highest BCUT2D eigenvalue weighted by Crippen LogP contribution is 2.12. The maximum absolute atomic E-state index is 11.8. The van der Waals surface area contributed by atoms with Crippen molar-refractivity contribution < 1.29 is 4.21 Å². The first-order valence-electron chi connectivity index (χ1n) is 5.39. The van der Waals surface area contributed by atoms with Gasteiger partial charge >= 0.3 is 0 Å². The van der Waals surface area contributed by atoms with Gasteiger partial charge in [-0.25, -0.2) is 8.93 Å². The SMILES string of the molecule is O=S(Cc1cccc(N[O-])c1)NCc1cccs1. The summed E-state index contributed by atoms with van der Waals surface area (Å²) in [4.78, 5) is 1.15. The molecule has 2 N–H and O–H groups in total. The lowest BCUT2D eigenvalue weighted by atomic mass is 10.2. The topological polar surface area (TPSA) is 64.2 Å². The Morgan fingerprint density at radius 2 is 2.17 bits per heavy atom. The number of hydrogen-bond acceptors (Lipinski definition) is 4. The lowest BCUT2D eigenvalue weighted by Crippen LogP contribution is -2.17. The minimum absolute atomic E-state index is 0.390. The second-order valence-corrected chi connectivity index (χ2v) is 5.99. The Morgan fingerprint density at radius 1 is 1.28 bits per heavy atom. The van der Waals surface area contributed by atoms with Crippen LogP contribution in [0.15, 0.2) is 41.8 Å². The van der Waals surface area contributed by atoms with Gasteiger partial charge in [0.2, 0.25) is 0 Å². The fourth-order valence-corrected chi connectivity index (χ4v) is 3.13. The number of thiophene rings is 1. The molecule has 6 heteroatoms. The molecule has 0 amide bonds. The second kappa shape index (κ2) is 6.65. The molecule has 0 fully saturated rings. The van der Waals surface area contributed by atoms with E-state index in [-0.39, 0.29) is 0 Å². The van der Waals surface area contributed by atoms with E-state index >= 15 is 0 Å². The van der Waals surface area contributed by atoms with Crippen molar-refractivity contribution in [3.8, 4) is 0 Å². The Labute approximate surface area is 112 Å². The first kappa shape index (κ1) is 13.2.